The van der Waals surface area contributed by atoms with Crippen molar-refractivity contribution in [1.29, 1.82) is 0 Å². The smallest absolute Gasteiger partial charge is 0.271 e. The van der Waals surface area contributed by atoms with Crippen molar-refractivity contribution in [1.82, 2.24) is 10.7 Å². The standard InChI is InChI=1S/C14H23N3O3/c1-9(2)14(4)7-11(20-8-13(19)17-15)5-6-12(14)16-10(3)18/h5-7,9,12H,8,15H2,1-4H3,(H,16,18)(H,17,19). The summed E-state index contributed by atoms with van der Waals surface area (Å²) in [4.78, 5) is 22.4. The van der Waals surface area contributed by atoms with E-state index >= 15 is 0 Å². The molecule has 6 heteroatoms. The Hall–Kier alpha value is -1.82. The zero-order chi connectivity index (χ0) is 15.3. The molecule has 0 spiro atoms. The van der Waals surface area contributed by atoms with Crippen LogP contribution in [0.4, 0.5) is 0 Å². The van der Waals surface area contributed by atoms with Crippen molar-refractivity contribution in [2.24, 2.45) is 17.2 Å². The largest absolute Gasteiger partial charge is 0.484 e. The first-order valence-corrected chi connectivity index (χ1v) is 6.60. The molecule has 2 unspecified atom stereocenters. The van der Waals surface area contributed by atoms with E-state index in [1.54, 1.807) is 6.08 Å². The first-order valence-electron chi connectivity index (χ1n) is 6.60. The van der Waals surface area contributed by atoms with E-state index in [2.05, 4.69) is 19.2 Å². The number of rotatable bonds is 5. The molecule has 4 N–H and O–H groups in total. The molecule has 0 fully saturated rings. The van der Waals surface area contributed by atoms with Gasteiger partial charge in [-0.2, -0.15) is 0 Å². The lowest BCUT2D eigenvalue weighted by molar-refractivity contribution is -0.124. The Bertz CT molecular complexity index is 443. The Labute approximate surface area is 119 Å². The van der Waals surface area contributed by atoms with Gasteiger partial charge in [-0.25, -0.2) is 5.84 Å². The summed E-state index contributed by atoms with van der Waals surface area (Å²) in [7, 11) is 0. The summed E-state index contributed by atoms with van der Waals surface area (Å²) in [5, 5.41) is 2.93. The fraction of sp³-hybridized carbons (Fsp3) is 0.571. The maximum Gasteiger partial charge on any atom is 0.271 e. The molecule has 1 aliphatic rings. The Morgan fingerprint density at radius 1 is 1.50 bits per heavy atom. The number of ether oxygens (including phenoxy) is 1. The third-order valence-corrected chi connectivity index (χ3v) is 3.71. The van der Waals surface area contributed by atoms with Crippen molar-refractivity contribution in [3.05, 3.63) is 24.0 Å². The molecule has 0 bridgehead atoms. The molecule has 0 radical (unpaired) electrons. The van der Waals surface area contributed by atoms with Crippen molar-refractivity contribution in [2.75, 3.05) is 6.61 Å². The van der Waals surface area contributed by atoms with E-state index in [4.69, 9.17) is 10.6 Å². The Balaban J connectivity index is 2.87. The highest BCUT2D eigenvalue weighted by Gasteiger charge is 2.37. The van der Waals surface area contributed by atoms with Crippen molar-refractivity contribution in [3.8, 4) is 0 Å². The van der Waals surface area contributed by atoms with Crippen LogP contribution in [0.15, 0.2) is 24.0 Å². The summed E-state index contributed by atoms with van der Waals surface area (Å²) in [5.74, 6) is 5.42. The predicted molar refractivity (Wildman–Crippen MR) is 76.1 cm³/mol. The summed E-state index contributed by atoms with van der Waals surface area (Å²) in [6, 6.07) is -0.101. The summed E-state index contributed by atoms with van der Waals surface area (Å²) in [5.41, 5.74) is 1.73. The van der Waals surface area contributed by atoms with E-state index in [1.165, 1.54) is 6.92 Å². The van der Waals surface area contributed by atoms with Gasteiger partial charge in [0.1, 0.15) is 5.76 Å². The molecule has 1 rings (SSSR count). The molecule has 0 aromatic heterocycles. The van der Waals surface area contributed by atoms with Crippen molar-refractivity contribution in [3.63, 3.8) is 0 Å². The Kier molecular flexibility index (Phi) is 5.33. The van der Waals surface area contributed by atoms with Crippen LogP contribution in [0, 0.1) is 11.3 Å². The van der Waals surface area contributed by atoms with E-state index < -0.39 is 5.91 Å². The molecule has 112 valence electrons. The van der Waals surface area contributed by atoms with Gasteiger partial charge in [0.15, 0.2) is 6.61 Å². The molecule has 2 amide bonds. The molecular weight excluding hydrogens is 258 g/mol. The second-order valence-corrected chi connectivity index (χ2v) is 5.46. The zero-order valence-corrected chi connectivity index (χ0v) is 12.4. The van der Waals surface area contributed by atoms with Crippen LogP contribution in [-0.2, 0) is 14.3 Å². The highest BCUT2D eigenvalue weighted by molar-refractivity contribution is 5.76. The normalized spacial score (nSPS) is 25.1. The molecule has 0 aromatic rings. The lowest BCUT2D eigenvalue weighted by atomic mass is 9.70. The topological polar surface area (TPSA) is 93.4 Å². The van der Waals surface area contributed by atoms with Crippen LogP contribution in [0.25, 0.3) is 0 Å². The van der Waals surface area contributed by atoms with Gasteiger partial charge >= 0.3 is 0 Å². The number of hydrogen-bond donors (Lipinski definition) is 3. The second kappa shape index (κ2) is 6.56. The van der Waals surface area contributed by atoms with E-state index in [9.17, 15) is 9.59 Å². The van der Waals surface area contributed by atoms with Gasteiger partial charge in [-0.15, -0.1) is 0 Å². The SMILES string of the molecule is CC(=O)NC1C=CC(OCC(=O)NN)=CC1(C)C(C)C. The van der Waals surface area contributed by atoms with Gasteiger partial charge in [0.2, 0.25) is 5.91 Å². The third-order valence-electron chi connectivity index (χ3n) is 3.71. The van der Waals surface area contributed by atoms with E-state index in [1.807, 2.05) is 24.5 Å². The number of nitrogens with one attached hydrogen (secondary N) is 2. The minimum absolute atomic E-state index is 0.0770. The number of hydrazine groups is 1. The minimum atomic E-state index is -0.394. The number of amides is 2. The minimum Gasteiger partial charge on any atom is -0.484 e. The van der Waals surface area contributed by atoms with Crippen LogP contribution in [-0.4, -0.2) is 24.5 Å². The number of carbonyl (C=O) groups is 2. The summed E-state index contributed by atoms with van der Waals surface area (Å²) in [6.45, 7) is 7.57. The van der Waals surface area contributed by atoms with Crippen LogP contribution in [0.1, 0.15) is 27.7 Å². The first kappa shape index (κ1) is 16.2. The van der Waals surface area contributed by atoms with Gasteiger partial charge in [0.05, 0.1) is 6.04 Å². The van der Waals surface area contributed by atoms with E-state index in [-0.39, 0.29) is 29.9 Å². The van der Waals surface area contributed by atoms with Crippen LogP contribution in [0.3, 0.4) is 0 Å². The van der Waals surface area contributed by atoms with E-state index in [0.717, 1.165) is 0 Å². The van der Waals surface area contributed by atoms with Crippen LogP contribution in [0.2, 0.25) is 0 Å². The number of carbonyl (C=O) groups excluding carboxylic acids is 2. The molecule has 1 aliphatic carbocycles. The van der Waals surface area contributed by atoms with Gasteiger partial charge < -0.3 is 10.1 Å². The van der Waals surface area contributed by atoms with Gasteiger partial charge in [0.25, 0.3) is 5.91 Å². The quantitative estimate of drug-likeness (QED) is 0.391. The van der Waals surface area contributed by atoms with Crippen molar-refractivity contribution in [2.45, 2.75) is 33.7 Å². The highest BCUT2D eigenvalue weighted by Crippen LogP contribution is 2.37. The molecule has 6 nitrogen and oxygen atoms in total. The van der Waals surface area contributed by atoms with Gasteiger partial charge in [-0.3, -0.25) is 15.0 Å². The van der Waals surface area contributed by atoms with Crippen LogP contribution >= 0.6 is 0 Å². The van der Waals surface area contributed by atoms with Crippen LogP contribution in [0.5, 0.6) is 0 Å². The summed E-state index contributed by atoms with van der Waals surface area (Å²) >= 11 is 0. The fourth-order valence-electron chi connectivity index (χ4n) is 2.07. The molecule has 0 aliphatic heterocycles. The molecule has 2 atom stereocenters. The number of hydrogen-bond acceptors (Lipinski definition) is 4. The third kappa shape index (κ3) is 3.84. The summed E-state index contributed by atoms with van der Waals surface area (Å²) in [6.07, 6.45) is 5.59. The first-order chi connectivity index (χ1) is 9.29. The van der Waals surface area contributed by atoms with Gasteiger partial charge in [-0.1, -0.05) is 26.8 Å². The molecular formula is C14H23N3O3. The monoisotopic (exact) mass is 281 g/mol. The lowest BCUT2D eigenvalue weighted by Gasteiger charge is -2.39. The Morgan fingerprint density at radius 3 is 2.65 bits per heavy atom. The maximum absolute atomic E-state index is 11.3. The zero-order valence-electron chi connectivity index (χ0n) is 12.4. The molecule has 20 heavy (non-hydrogen) atoms. The molecule has 0 aromatic carbocycles. The molecule has 0 heterocycles. The van der Waals surface area contributed by atoms with Gasteiger partial charge in [0, 0.05) is 12.3 Å². The predicted octanol–water partition coefficient (Wildman–Crippen LogP) is 0.614. The maximum atomic E-state index is 11.3. The average molecular weight is 281 g/mol. The van der Waals surface area contributed by atoms with Crippen molar-refractivity contribution < 1.29 is 14.3 Å². The molecule has 0 saturated carbocycles. The van der Waals surface area contributed by atoms with Gasteiger partial charge in [-0.05, 0) is 18.1 Å². The highest BCUT2D eigenvalue weighted by atomic mass is 16.5. The number of nitrogens with two attached hydrogens (primary N) is 1. The second-order valence-electron chi connectivity index (χ2n) is 5.46. The Morgan fingerprint density at radius 2 is 2.15 bits per heavy atom. The average Bonchev–Trinajstić information content (AvgIpc) is 2.38. The fourth-order valence-corrected chi connectivity index (χ4v) is 2.07. The lowest BCUT2D eigenvalue weighted by Crippen LogP contribution is -2.47. The molecule has 0 saturated heterocycles. The van der Waals surface area contributed by atoms with Crippen molar-refractivity contribution >= 4 is 11.8 Å². The number of allylic oxidation sites excluding steroid dienone is 1. The van der Waals surface area contributed by atoms with Crippen LogP contribution < -0.4 is 16.6 Å². The summed E-state index contributed by atoms with van der Waals surface area (Å²) < 4.78 is 5.40. The van der Waals surface area contributed by atoms with E-state index in [0.29, 0.717) is 5.76 Å².